The first kappa shape index (κ1) is 18.4. The van der Waals surface area contributed by atoms with Gasteiger partial charge in [-0.2, -0.15) is 0 Å². The summed E-state index contributed by atoms with van der Waals surface area (Å²) >= 11 is 0. The Morgan fingerprint density at radius 1 is 1.22 bits per heavy atom. The monoisotopic (exact) mass is 370 g/mol. The third-order valence-corrected chi connectivity index (χ3v) is 7.05. The van der Waals surface area contributed by atoms with E-state index in [2.05, 4.69) is 20.6 Å². The molecule has 3 aliphatic rings. The fourth-order valence-electron chi connectivity index (χ4n) is 4.71. The molecular formula is C21H30N4O2. The number of amides is 2. The molecule has 2 N–H and O–H groups in total. The van der Waals surface area contributed by atoms with Crippen LogP contribution >= 0.6 is 0 Å². The molecule has 3 saturated carbocycles. The van der Waals surface area contributed by atoms with Crippen molar-refractivity contribution >= 4 is 11.8 Å². The first-order valence-electron chi connectivity index (χ1n) is 10.4. The van der Waals surface area contributed by atoms with Crippen molar-refractivity contribution in [2.45, 2.75) is 76.2 Å². The van der Waals surface area contributed by atoms with Crippen molar-refractivity contribution in [2.75, 3.05) is 6.54 Å². The van der Waals surface area contributed by atoms with Crippen LogP contribution in [-0.4, -0.2) is 33.9 Å². The number of hydrogen-bond acceptors (Lipinski definition) is 4. The summed E-state index contributed by atoms with van der Waals surface area (Å²) in [5.74, 6) is 0.0931. The number of hydrogen-bond donors (Lipinski definition) is 2. The summed E-state index contributed by atoms with van der Waals surface area (Å²) in [5.41, 5.74) is 1.04. The lowest BCUT2D eigenvalue weighted by molar-refractivity contribution is -0.125. The summed E-state index contributed by atoms with van der Waals surface area (Å²) in [5, 5.41) is 6.37. The molecule has 6 nitrogen and oxygen atoms in total. The standard InChI is InChI=1S/C21H30N4O2/c1-15(17-14-22-11-12-23-17)18(26)25-21(4-2-5-21)9-10-24-19(27)16-3-6-20(13-16)7-8-20/h11-12,14-16H,2-10,13H2,1H3,(H,24,27)(H,25,26). The number of nitrogens with zero attached hydrogens (tertiary/aromatic N) is 2. The van der Waals surface area contributed by atoms with Crippen molar-refractivity contribution in [3.8, 4) is 0 Å². The van der Waals surface area contributed by atoms with E-state index in [9.17, 15) is 9.59 Å². The average Bonchev–Trinajstić information content (AvgIpc) is 3.28. The number of aromatic nitrogens is 2. The maximum Gasteiger partial charge on any atom is 0.229 e. The smallest absolute Gasteiger partial charge is 0.229 e. The molecule has 1 spiro atoms. The number of carbonyl (C=O) groups is 2. The van der Waals surface area contributed by atoms with Crippen LogP contribution in [0, 0.1) is 11.3 Å². The molecule has 0 bridgehead atoms. The maximum absolute atomic E-state index is 12.7. The molecule has 27 heavy (non-hydrogen) atoms. The molecule has 2 atom stereocenters. The van der Waals surface area contributed by atoms with Crippen LogP contribution in [0.4, 0.5) is 0 Å². The van der Waals surface area contributed by atoms with Gasteiger partial charge in [-0.15, -0.1) is 0 Å². The van der Waals surface area contributed by atoms with Crippen molar-refractivity contribution in [2.24, 2.45) is 11.3 Å². The lowest BCUT2D eigenvalue weighted by Gasteiger charge is -2.43. The largest absolute Gasteiger partial charge is 0.356 e. The second-order valence-corrected chi connectivity index (χ2v) is 8.96. The van der Waals surface area contributed by atoms with E-state index in [1.165, 1.54) is 19.3 Å². The van der Waals surface area contributed by atoms with Crippen molar-refractivity contribution in [1.29, 1.82) is 0 Å². The highest BCUT2D eigenvalue weighted by atomic mass is 16.2. The van der Waals surface area contributed by atoms with Gasteiger partial charge < -0.3 is 10.6 Å². The molecule has 2 unspecified atom stereocenters. The van der Waals surface area contributed by atoms with Crippen molar-refractivity contribution in [3.05, 3.63) is 24.3 Å². The lowest BCUT2D eigenvalue weighted by Crippen LogP contribution is -2.56. The molecule has 4 rings (SSSR count). The van der Waals surface area contributed by atoms with E-state index in [1.807, 2.05) is 6.92 Å². The Morgan fingerprint density at radius 3 is 2.63 bits per heavy atom. The van der Waals surface area contributed by atoms with E-state index in [0.717, 1.165) is 38.5 Å². The molecule has 146 valence electrons. The molecule has 1 heterocycles. The second kappa shape index (κ2) is 7.21. The first-order valence-corrected chi connectivity index (χ1v) is 10.4. The van der Waals surface area contributed by atoms with E-state index in [1.54, 1.807) is 18.6 Å². The zero-order valence-electron chi connectivity index (χ0n) is 16.2. The fraction of sp³-hybridized carbons (Fsp3) is 0.714. The molecule has 0 saturated heterocycles. The summed E-state index contributed by atoms with van der Waals surface area (Å²) in [6.07, 6.45) is 14.7. The summed E-state index contributed by atoms with van der Waals surface area (Å²) in [6, 6.07) is 0. The number of carbonyl (C=O) groups excluding carboxylic acids is 2. The zero-order chi connectivity index (χ0) is 18.9. The van der Waals surface area contributed by atoms with Crippen molar-refractivity contribution in [1.82, 2.24) is 20.6 Å². The number of rotatable bonds is 7. The summed E-state index contributed by atoms with van der Waals surface area (Å²) in [6.45, 7) is 2.50. The normalized spacial score (nSPS) is 25.4. The highest BCUT2D eigenvalue weighted by molar-refractivity contribution is 5.83. The molecule has 0 radical (unpaired) electrons. The Bertz CT molecular complexity index is 697. The minimum absolute atomic E-state index is 0.00649. The first-order chi connectivity index (χ1) is 13.0. The average molecular weight is 370 g/mol. The molecule has 3 aliphatic carbocycles. The Labute approximate surface area is 160 Å². The minimum atomic E-state index is -0.320. The van der Waals surface area contributed by atoms with E-state index < -0.39 is 0 Å². The van der Waals surface area contributed by atoms with Gasteiger partial charge in [0.2, 0.25) is 11.8 Å². The lowest BCUT2D eigenvalue weighted by atomic mass is 9.74. The molecule has 6 heteroatoms. The fourth-order valence-corrected chi connectivity index (χ4v) is 4.71. The summed E-state index contributed by atoms with van der Waals surface area (Å²) < 4.78 is 0. The van der Waals surface area contributed by atoms with Gasteiger partial charge in [-0.25, -0.2) is 0 Å². The Morgan fingerprint density at radius 2 is 2.04 bits per heavy atom. The van der Waals surface area contributed by atoms with Crippen LogP contribution < -0.4 is 10.6 Å². The topological polar surface area (TPSA) is 84.0 Å². The van der Waals surface area contributed by atoms with Crippen LogP contribution in [0.25, 0.3) is 0 Å². The van der Waals surface area contributed by atoms with Gasteiger partial charge in [0.1, 0.15) is 0 Å². The minimum Gasteiger partial charge on any atom is -0.356 e. The van der Waals surface area contributed by atoms with E-state index in [-0.39, 0.29) is 29.2 Å². The van der Waals surface area contributed by atoms with Gasteiger partial charge in [-0.05, 0) is 70.1 Å². The van der Waals surface area contributed by atoms with E-state index >= 15 is 0 Å². The molecule has 0 aromatic carbocycles. The third kappa shape index (κ3) is 3.99. The van der Waals surface area contributed by atoms with Gasteiger partial charge >= 0.3 is 0 Å². The van der Waals surface area contributed by atoms with Crippen LogP contribution in [0.15, 0.2) is 18.6 Å². The quantitative estimate of drug-likeness (QED) is 0.773. The van der Waals surface area contributed by atoms with Gasteiger partial charge in [0, 0.05) is 36.6 Å². The SMILES string of the molecule is CC(C(=O)NC1(CCNC(=O)C2CCC3(CC3)C2)CCC1)c1cnccn1. The van der Waals surface area contributed by atoms with E-state index in [0.29, 0.717) is 17.7 Å². The summed E-state index contributed by atoms with van der Waals surface area (Å²) in [4.78, 5) is 33.4. The van der Waals surface area contributed by atoms with Crippen LogP contribution in [0.1, 0.15) is 76.3 Å². The van der Waals surface area contributed by atoms with Crippen LogP contribution in [0.5, 0.6) is 0 Å². The van der Waals surface area contributed by atoms with Gasteiger partial charge in [-0.1, -0.05) is 0 Å². The summed E-state index contributed by atoms with van der Waals surface area (Å²) in [7, 11) is 0. The molecule has 3 fully saturated rings. The zero-order valence-corrected chi connectivity index (χ0v) is 16.2. The van der Waals surface area contributed by atoms with Crippen LogP contribution in [-0.2, 0) is 9.59 Å². The van der Waals surface area contributed by atoms with Gasteiger partial charge in [-0.3, -0.25) is 19.6 Å². The molecule has 1 aromatic heterocycles. The third-order valence-electron chi connectivity index (χ3n) is 7.05. The van der Waals surface area contributed by atoms with Crippen molar-refractivity contribution in [3.63, 3.8) is 0 Å². The maximum atomic E-state index is 12.7. The second-order valence-electron chi connectivity index (χ2n) is 8.96. The number of nitrogens with one attached hydrogen (secondary N) is 2. The Hall–Kier alpha value is -1.98. The molecular weight excluding hydrogens is 340 g/mol. The van der Waals surface area contributed by atoms with Crippen LogP contribution in [0.2, 0.25) is 0 Å². The highest BCUT2D eigenvalue weighted by Crippen LogP contribution is 2.59. The predicted octanol–water partition coefficient (Wildman–Crippen LogP) is 2.71. The molecule has 2 amide bonds. The predicted molar refractivity (Wildman–Crippen MR) is 102 cm³/mol. The Kier molecular flexibility index (Phi) is 4.91. The molecule has 0 aliphatic heterocycles. The van der Waals surface area contributed by atoms with Gasteiger partial charge in [0.25, 0.3) is 0 Å². The van der Waals surface area contributed by atoms with Gasteiger partial charge in [0.15, 0.2) is 0 Å². The van der Waals surface area contributed by atoms with E-state index in [4.69, 9.17) is 0 Å². The van der Waals surface area contributed by atoms with Crippen molar-refractivity contribution < 1.29 is 9.59 Å². The van der Waals surface area contributed by atoms with Crippen LogP contribution in [0.3, 0.4) is 0 Å². The molecule has 1 aromatic rings. The van der Waals surface area contributed by atoms with Gasteiger partial charge in [0.05, 0.1) is 11.6 Å². The highest BCUT2D eigenvalue weighted by Gasteiger charge is 2.49. The Balaban J connectivity index is 1.25.